The number of carbonyl (C=O) groups excluding carboxylic acids is 2. The van der Waals surface area contributed by atoms with Crippen molar-refractivity contribution in [3.8, 4) is 22.8 Å². The summed E-state index contributed by atoms with van der Waals surface area (Å²) in [4.78, 5) is 26.4. The molecule has 5 nitrogen and oxygen atoms in total. The number of phenols is 1. The normalized spacial score (nSPS) is 10.2. The molecule has 0 bridgehead atoms. The van der Waals surface area contributed by atoms with Crippen molar-refractivity contribution in [3.63, 3.8) is 0 Å². The molecule has 0 unspecified atom stereocenters. The summed E-state index contributed by atoms with van der Waals surface area (Å²) in [7, 11) is 0. The lowest BCUT2D eigenvalue weighted by atomic mass is 10.0. The minimum Gasteiger partial charge on any atom is -0.507 e. The lowest BCUT2D eigenvalue weighted by Gasteiger charge is -2.12. The Bertz CT molecular complexity index is 921. The summed E-state index contributed by atoms with van der Waals surface area (Å²) in [5.74, 6) is 0.181. The van der Waals surface area contributed by atoms with E-state index in [9.17, 15) is 14.7 Å². The van der Waals surface area contributed by atoms with Crippen LogP contribution < -0.4 is 4.74 Å². The Morgan fingerprint density at radius 3 is 2.52 bits per heavy atom. The Labute approximate surface area is 144 Å². The molecule has 0 aliphatic carbocycles. The highest BCUT2D eigenvalue weighted by Crippen LogP contribution is 2.28. The lowest BCUT2D eigenvalue weighted by molar-refractivity contribution is 0.111. The molecule has 1 aromatic heterocycles. The van der Waals surface area contributed by atoms with Gasteiger partial charge in [0.25, 0.3) is 0 Å². The first-order valence-electron chi connectivity index (χ1n) is 7.63. The fourth-order valence-electron chi connectivity index (χ4n) is 2.50. The van der Waals surface area contributed by atoms with Gasteiger partial charge in [-0.15, -0.1) is 0 Å². The van der Waals surface area contributed by atoms with E-state index in [1.807, 2.05) is 30.3 Å². The molecule has 1 N–H and O–H groups in total. The predicted molar refractivity (Wildman–Crippen MR) is 92.9 cm³/mol. The number of phenolic OH excluding ortho intramolecular Hbond substituents is 1. The van der Waals surface area contributed by atoms with Crippen molar-refractivity contribution in [1.29, 1.82) is 0 Å². The van der Waals surface area contributed by atoms with Crippen molar-refractivity contribution in [2.75, 3.05) is 0 Å². The first kappa shape index (κ1) is 16.4. The Balaban J connectivity index is 1.91. The second-order valence-electron chi connectivity index (χ2n) is 5.32. The van der Waals surface area contributed by atoms with Gasteiger partial charge in [-0.1, -0.05) is 36.4 Å². The number of carbonyl (C=O) groups is 2. The van der Waals surface area contributed by atoms with E-state index in [2.05, 4.69) is 4.98 Å². The molecular formula is C20H15NO4. The summed E-state index contributed by atoms with van der Waals surface area (Å²) < 4.78 is 5.73. The zero-order chi connectivity index (χ0) is 17.6. The van der Waals surface area contributed by atoms with Crippen LogP contribution >= 0.6 is 0 Å². The van der Waals surface area contributed by atoms with Gasteiger partial charge < -0.3 is 9.84 Å². The summed E-state index contributed by atoms with van der Waals surface area (Å²) in [6, 6.07) is 17.4. The van der Waals surface area contributed by atoms with E-state index in [0.717, 1.165) is 11.1 Å². The average molecular weight is 333 g/mol. The Hall–Kier alpha value is -3.47. The Morgan fingerprint density at radius 1 is 0.920 bits per heavy atom. The molecule has 0 aliphatic heterocycles. The van der Waals surface area contributed by atoms with Gasteiger partial charge in [0.15, 0.2) is 12.6 Å². The molecular weight excluding hydrogens is 318 g/mol. The maximum absolute atomic E-state index is 11.1. The first-order chi connectivity index (χ1) is 12.2. The standard InChI is InChI=1S/C20H15NO4/c22-11-15-6-3-8-18(21-15)16-7-2-1-5-14(16)13-25-20-10-4-9-19(24)17(20)12-23/h1-12,24H,13H2. The zero-order valence-corrected chi connectivity index (χ0v) is 13.3. The van der Waals surface area contributed by atoms with Gasteiger partial charge in [-0.25, -0.2) is 4.98 Å². The molecule has 124 valence electrons. The van der Waals surface area contributed by atoms with Crippen molar-refractivity contribution in [2.45, 2.75) is 6.61 Å². The molecule has 0 saturated carbocycles. The number of hydrogen-bond acceptors (Lipinski definition) is 5. The van der Waals surface area contributed by atoms with Crippen LogP contribution in [-0.4, -0.2) is 22.7 Å². The number of hydrogen-bond donors (Lipinski definition) is 1. The van der Waals surface area contributed by atoms with E-state index in [1.54, 1.807) is 24.3 Å². The monoisotopic (exact) mass is 333 g/mol. The summed E-state index contributed by atoms with van der Waals surface area (Å²) in [5, 5.41) is 9.72. The molecule has 5 heteroatoms. The highest BCUT2D eigenvalue weighted by atomic mass is 16.5. The Morgan fingerprint density at radius 2 is 1.72 bits per heavy atom. The fraction of sp³-hybridized carbons (Fsp3) is 0.0500. The van der Waals surface area contributed by atoms with Gasteiger partial charge in [0.05, 0.1) is 11.3 Å². The molecule has 1 heterocycles. The van der Waals surface area contributed by atoms with Gasteiger partial charge in [0, 0.05) is 5.56 Å². The SMILES string of the molecule is O=Cc1cccc(-c2ccccc2COc2cccc(O)c2C=O)n1. The topological polar surface area (TPSA) is 76.5 Å². The molecule has 2 aromatic carbocycles. The van der Waals surface area contributed by atoms with E-state index in [-0.39, 0.29) is 17.9 Å². The molecule has 3 rings (SSSR count). The molecule has 0 spiro atoms. The number of aromatic nitrogens is 1. The first-order valence-corrected chi connectivity index (χ1v) is 7.63. The predicted octanol–water partition coefficient (Wildman–Crippen LogP) is 3.66. The van der Waals surface area contributed by atoms with Crippen LogP contribution in [0.25, 0.3) is 11.3 Å². The van der Waals surface area contributed by atoms with E-state index >= 15 is 0 Å². The molecule has 0 atom stereocenters. The van der Waals surface area contributed by atoms with Gasteiger partial charge in [-0.05, 0) is 29.8 Å². The van der Waals surface area contributed by atoms with Crippen molar-refractivity contribution in [2.24, 2.45) is 0 Å². The highest BCUT2D eigenvalue weighted by molar-refractivity contribution is 5.83. The summed E-state index contributed by atoms with van der Waals surface area (Å²) in [6.45, 7) is 0.188. The minimum atomic E-state index is -0.124. The van der Waals surface area contributed by atoms with Gasteiger partial charge in [-0.2, -0.15) is 0 Å². The van der Waals surface area contributed by atoms with E-state index in [1.165, 1.54) is 6.07 Å². The van der Waals surface area contributed by atoms with E-state index in [0.29, 0.717) is 29.7 Å². The van der Waals surface area contributed by atoms with Crippen molar-refractivity contribution in [3.05, 3.63) is 77.5 Å². The molecule has 0 radical (unpaired) electrons. The zero-order valence-electron chi connectivity index (χ0n) is 13.3. The van der Waals surface area contributed by atoms with Crippen LogP contribution in [0, 0.1) is 0 Å². The highest BCUT2D eigenvalue weighted by Gasteiger charge is 2.11. The van der Waals surface area contributed by atoms with Crippen molar-refractivity contribution in [1.82, 2.24) is 4.98 Å². The van der Waals surface area contributed by atoms with Crippen LogP contribution in [0.15, 0.2) is 60.7 Å². The van der Waals surface area contributed by atoms with Crippen LogP contribution in [0.1, 0.15) is 26.4 Å². The maximum Gasteiger partial charge on any atom is 0.168 e. The molecule has 3 aromatic rings. The van der Waals surface area contributed by atoms with Gasteiger partial charge >= 0.3 is 0 Å². The number of aromatic hydroxyl groups is 1. The molecule has 0 aliphatic rings. The number of nitrogens with zero attached hydrogens (tertiary/aromatic N) is 1. The summed E-state index contributed by atoms with van der Waals surface area (Å²) in [6.07, 6.45) is 1.26. The van der Waals surface area contributed by atoms with E-state index in [4.69, 9.17) is 4.74 Å². The van der Waals surface area contributed by atoms with Gasteiger partial charge in [0.2, 0.25) is 0 Å². The maximum atomic E-state index is 11.1. The summed E-state index contributed by atoms with van der Waals surface area (Å²) in [5.41, 5.74) is 2.80. The molecule has 0 saturated heterocycles. The summed E-state index contributed by atoms with van der Waals surface area (Å²) >= 11 is 0. The molecule has 0 amide bonds. The third-order valence-electron chi connectivity index (χ3n) is 3.73. The minimum absolute atomic E-state index is 0.112. The second-order valence-corrected chi connectivity index (χ2v) is 5.32. The fourth-order valence-corrected chi connectivity index (χ4v) is 2.50. The van der Waals surface area contributed by atoms with Crippen LogP contribution in [-0.2, 0) is 6.61 Å². The number of aldehydes is 2. The van der Waals surface area contributed by atoms with Crippen LogP contribution in [0.2, 0.25) is 0 Å². The molecule has 0 fully saturated rings. The van der Waals surface area contributed by atoms with Gasteiger partial charge in [-0.3, -0.25) is 9.59 Å². The van der Waals surface area contributed by atoms with Crippen LogP contribution in [0.4, 0.5) is 0 Å². The number of benzene rings is 2. The number of rotatable bonds is 6. The van der Waals surface area contributed by atoms with E-state index < -0.39 is 0 Å². The average Bonchev–Trinajstić information content (AvgIpc) is 2.66. The number of pyridine rings is 1. The van der Waals surface area contributed by atoms with Gasteiger partial charge in [0.1, 0.15) is 23.8 Å². The Kier molecular flexibility index (Phi) is 4.85. The largest absolute Gasteiger partial charge is 0.507 e. The molecule has 25 heavy (non-hydrogen) atoms. The van der Waals surface area contributed by atoms with Crippen LogP contribution in [0.3, 0.4) is 0 Å². The van der Waals surface area contributed by atoms with Crippen molar-refractivity contribution < 1.29 is 19.4 Å². The number of ether oxygens (including phenoxy) is 1. The lowest BCUT2D eigenvalue weighted by Crippen LogP contribution is -2.01. The third kappa shape index (κ3) is 3.55. The second kappa shape index (κ2) is 7.40. The quantitative estimate of drug-likeness (QED) is 0.697. The van der Waals surface area contributed by atoms with Crippen molar-refractivity contribution >= 4 is 12.6 Å². The smallest absolute Gasteiger partial charge is 0.168 e. The van der Waals surface area contributed by atoms with Crippen LogP contribution in [0.5, 0.6) is 11.5 Å². The third-order valence-corrected chi connectivity index (χ3v) is 3.73.